The standard InChI is InChI=1S/C16H18N4O2/c1-10-6-11(2-4-18-10)14-9-19-15(22-14)16(21)20-5-3-12-7-17-8-13(12)20/h2,4,6,9,12-13,17H,3,5,7-8H2,1H3/t12-,13+/m1/s1. The van der Waals surface area contributed by atoms with Crippen LogP contribution in [0.25, 0.3) is 11.3 Å². The van der Waals surface area contributed by atoms with E-state index in [-0.39, 0.29) is 17.8 Å². The van der Waals surface area contributed by atoms with E-state index in [1.165, 1.54) is 0 Å². The predicted molar refractivity (Wildman–Crippen MR) is 80.3 cm³/mol. The van der Waals surface area contributed by atoms with Crippen molar-refractivity contribution in [1.82, 2.24) is 20.2 Å². The Balaban J connectivity index is 1.57. The van der Waals surface area contributed by atoms with Gasteiger partial charge in [0.15, 0.2) is 5.76 Å². The predicted octanol–water partition coefficient (Wildman–Crippen LogP) is 1.48. The van der Waals surface area contributed by atoms with Crippen LogP contribution in [0.15, 0.2) is 28.9 Å². The summed E-state index contributed by atoms with van der Waals surface area (Å²) in [6.45, 7) is 4.58. The van der Waals surface area contributed by atoms with Crippen molar-refractivity contribution in [1.29, 1.82) is 0 Å². The fourth-order valence-electron chi connectivity index (χ4n) is 3.43. The Morgan fingerprint density at radius 1 is 1.41 bits per heavy atom. The number of aryl methyl sites for hydroxylation is 1. The fraction of sp³-hybridized carbons (Fsp3) is 0.438. The van der Waals surface area contributed by atoms with Gasteiger partial charge in [-0.1, -0.05) is 0 Å². The molecule has 2 aliphatic heterocycles. The lowest BCUT2D eigenvalue weighted by Gasteiger charge is -2.21. The average Bonchev–Trinajstić information content (AvgIpc) is 3.23. The Bertz CT molecular complexity index is 712. The van der Waals surface area contributed by atoms with Crippen LogP contribution in [0.1, 0.15) is 22.8 Å². The van der Waals surface area contributed by atoms with Crippen molar-refractivity contribution in [2.45, 2.75) is 19.4 Å². The number of likely N-dealkylation sites (tertiary alicyclic amines) is 1. The number of nitrogens with one attached hydrogen (secondary N) is 1. The monoisotopic (exact) mass is 298 g/mol. The number of carbonyl (C=O) groups is 1. The first-order chi connectivity index (χ1) is 10.7. The number of rotatable bonds is 2. The van der Waals surface area contributed by atoms with E-state index in [1.807, 2.05) is 24.0 Å². The second-order valence-corrected chi connectivity index (χ2v) is 5.99. The van der Waals surface area contributed by atoms with Crippen molar-refractivity contribution >= 4 is 5.91 Å². The maximum atomic E-state index is 12.6. The molecule has 0 saturated carbocycles. The quantitative estimate of drug-likeness (QED) is 0.909. The first-order valence-corrected chi connectivity index (χ1v) is 7.63. The molecule has 2 saturated heterocycles. The molecule has 2 fully saturated rings. The van der Waals surface area contributed by atoms with E-state index >= 15 is 0 Å². The molecule has 22 heavy (non-hydrogen) atoms. The molecule has 114 valence electrons. The van der Waals surface area contributed by atoms with Crippen LogP contribution in [-0.2, 0) is 0 Å². The van der Waals surface area contributed by atoms with Gasteiger partial charge in [-0.25, -0.2) is 4.98 Å². The molecule has 0 unspecified atom stereocenters. The lowest BCUT2D eigenvalue weighted by atomic mass is 10.1. The van der Waals surface area contributed by atoms with Gasteiger partial charge in [-0.3, -0.25) is 9.78 Å². The normalized spacial score (nSPS) is 23.8. The first-order valence-electron chi connectivity index (χ1n) is 7.63. The molecule has 2 aromatic heterocycles. The van der Waals surface area contributed by atoms with Crippen LogP contribution < -0.4 is 5.32 Å². The molecule has 2 aromatic rings. The van der Waals surface area contributed by atoms with Gasteiger partial charge in [0, 0.05) is 43.1 Å². The molecule has 6 nitrogen and oxygen atoms in total. The van der Waals surface area contributed by atoms with Crippen LogP contribution in [0.4, 0.5) is 0 Å². The molecule has 0 aromatic carbocycles. The maximum Gasteiger partial charge on any atom is 0.310 e. The second-order valence-electron chi connectivity index (χ2n) is 5.99. The van der Waals surface area contributed by atoms with E-state index < -0.39 is 0 Å². The summed E-state index contributed by atoms with van der Waals surface area (Å²) in [6, 6.07) is 4.06. The molecule has 6 heteroatoms. The molecule has 0 spiro atoms. The molecule has 0 bridgehead atoms. The third-order valence-corrected chi connectivity index (χ3v) is 4.58. The van der Waals surface area contributed by atoms with Crippen LogP contribution in [0.3, 0.4) is 0 Å². The number of oxazole rings is 1. The van der Waals surface area contributed by atoms with Crippen molar-refractivity contribution in [3.63, 3.8) is 0 Å². The van der Waals surface area contributed by atoms with E-state index in [2.05, 4.69) is 15.3 Å². The third kappa shape index (κ3) is 2.20. The van der Waals surface area contributed by atoms with Crippen LogP contribution in [0.5, 0.6) is 0 Å². The highest BCUT2D eigenvalue weighted by molar-refractivity contribution is 5.90. The first kappa shape index (κ1) is 13.5. The molecular formula is C16H18N4O2. The minimum atomic E-state index is -0.103. The smallest absolute Gasteiger partial charge is 0.310 e. The summed E-state index contributed by atoms with van der Waals surface area (Å²) in [4.78, 5) is 22.9. The number of pyridine rings is 1. The highest BCUT2D eigenvalue weighted by atomic mass is 16.4. The van der Waals surface area contributed by atoms with Gasteiger partial charge in [0.2, 0.25) is 0 Å². The number of carbonyl (C=O) groups excluding carboxylic acids is 1. The molecule has 1 amide bonds. The number of amides is 1. The zero-order valence-electron chi connectivity index (χ0n) is 12.5. The molecule has 0 radical (unpaired) electrons. The van der Waals surface area contributed by atoms with Crippen molar-refractivity contribution < 1.29 is 9.21 Å². The van der Waals surface area contributed by atoms with Gasteiger partial charge < -0.3 is 14.6 Å². The lowest BCUT2D eigenvalue weighted by Crippen LogP contribution is -2.39. The Morgan fingerprint density at radius 3 is 3.18 bits per heavy atom. The van der Waals surface area contributed by atoms with Gasteiger partial charge in [-0.05, 0) is 31.4 Å². The summed E-state index contributed by atoms with van der Waals surface area (Å²) in [7, 11) is 0. The molecular weight excluding hydrogens is 280 g/mol. The second kappa shape index (κ2) is 5.21. The lowest BCUT2D eigenvalue weighted by molar-refractivity contribution is 0.0697. The van der Waals surface area contributed by atoms with Gasteiger partial charge in [-0.2, -0.15) is 0 Å². The van der Waals surface area contributed by atoms with Crippen LogP contribution >= 0.6 is 0 Å². The number of hydrogen-bond donors (Lipinski definition) is 1. The van der Waals surface area contributed by atoms with Gasteiger partial charge >= 0.3 is 5.91 Å². The zero-order valence-corrected chi connectivity index (χ0v) is 12.5. The summed E-state index contributed by atoms with van der Waals surface area (Å²) >= 11 is 0. The number of fused-ring (bicyclic) bond motifs is 1. The van der Waals surface area contributed by atoms with Crippen molar-refractivity contribution in [3.8, 4) is 11.3 Å². The minimum absolute atomic E-state index is 0.103. The van der Waals surface area contributed by atoms with Crippen molar-refractivity contribution in [2.75, 3.05) is 19.6 Å². The van der Waals surface area contributed by atoms with E-state index in [4.69, 9.17) is 4.42 Å². The Hall–Kier alpha value is -2.21. The average molecular weight is 298 g/mol. The van der Waals surface area contributed by atoms with Gasteiger partial charge in [-0.15, -0.1) is 0 Å². The number of nitrogens with zero attached hydrogens (tertiary/aromatic N) is 3. The Labute approximate surface area is 128 Å². The topological polar surface area (TPSA) is 71.3 Å². The third-order valence-electron chi connectivity index (χ3n) is 4.58. The molecule has 1 N–H and O–H groups in total. The molecule has 4 rings (SSSR count). The van der Waals surface area contributed by atoms with E-state index in [0.717, 1.165) is 37.3 Å². The van der Waals surface area contributed by atoms with Crippen molar-refractivity contribution in [3.05, 3.63) is 36.1 Å². The minimum Gasteiger partial charge on any atom is -0.432 e. The van der Waals surface area contributed by atoms with Gasteiger partial charge in [0.1, 0.15) is 0 Å². The highest BCUT2D eigenvalue weighted by Gasteiger charge is 2.41. The Kier molecular flexibility index (Phi) is 3.18. The number of hydrogen-bond acceptors (Lipinski definition) is 5. The van der Waals surface area contributed by atoms with Crippen LogP contribution in [0, 0.1) is 12.8 Å². The summed E-state index contributed by atoms with van der Waals surface area (Å²) < 4.78 is 5.70. The molecule has 2 atom stereocenters. The zero-order chi connectivity index (χ0) is 15.1. The largest absolute Gasteiger partial charge is 0.432 e. The fourth-order valence-corrected chi connectivity index (χ4v) is 3.43. The van der Waals surface area contributed by atoms with Crippen LogP contribution in [0.2, 0.25) is 0 Å². The molecule has 2 aliphatic rings. The van der Waals surface area contributed by atoms with E-state index in [1.54, 1.807) is 12.4 Å². The van der Waals surface area contributed by atoms with Crippen molar-refractivity contribution in [2.24, 2.45) is 5.92 Å². The Morgan fingerprint density at radius 2 is 2.32 bits per heavy atom. The maximum absolute atomic E-state index is 12.6. The SMILES string of the molecule is Cc1cc(-c2cnc(C(=O)N3CC[C@@H]4CNC[C@@H]43)o2)ccn1. The summed E-state index contributed by atoms with van der Waals surface area (Å²) in [5, 5.41) is 3.35. The summed E-state index contributed by atoms with van der Waals surface area (Å²) in [5.74, 6) is 1.25. The summed E-state index contributed by atoms with van der Waals surface area (Å²) in [5.41, 5.74) is 1.79. The molecule has 0 aliphatic carbocycles. The van der Waals surface area contributed by atoms with Crippen LogP contribution in [-0.4, -0.2) is 46.5 Å². The van der Waals surface area contributed by atoms with Gasteiger partial charge in [0.05, 0.1) is 6.20 Å². The number of aromatic nitrogens is 2. The molecule has 4 heterocycles. The van der Waals surface area contributed by atoms with E-state index in [0.29, 0.717) is 11.7 Å². The van der Waals surface area contributed by atoms with E-state index in [9.17, 15) is 4.79 Å². The summed E-state index contributed by atoms with van der Waals surface area (Å²) in [6.07, 6.45) is 4.40. The highest BCUT2D eigenvalue weighted by Crippen LogP contribution is 2.29. The van der Waals surface area contributed by atoms with Gasteiger partial charge in [0.25, 0.3) is 5.89 Å².